The zero-order valence-electron chi connectivity index (χ0n) is 12.8. The number of nitro benzene ring substituents is 1. The van der Waals surface area contributed by atoms with Crippen LogP contribution >= 0.6 is 0 Å². The Hall–Kier alpha value is -1.95. The lowest BCUT2D eigenvalue weighted by atomic mass is 9.94. The van der Waals surface area contributed by atoms with E-state index in [0.717, 1.165) is 6.42 Å². The summed E-state index contributed by atoms with van der Waals surface area (Å²) in [6.07, 6.45) is 1.22. The highest BCUT2D eigenvalue weighted by Gasteiger charge is 2.17. The Balaban J connectivity index is 2.75. The Labute approximate surface area is 124 Å². The maximum atomic E-state index is 12.1. The second-order valence-corrected chi connectivity index (χ2v) is 5.69. The Bertz CT molecular complexity index is 515. The van der Waals surface area contributed by atoms with Crippen molar-refractivity contribution in [3.05, 3.63) is 33.9 Å². The number of anilines is 1. The van der Waals surface area contributed by atoms with Crippen LogP contribution in [0.15, 0.2) is 18.2 Å². The van der Waals surface area contributed by atoms with E-state index < -0.39 is 4.92 Å². The van der Waals surface area contributed by atoms with Gasteiger partial charge in [0.05, 0.1) is 16.2 Å². The molecule has 0 fully saturated rings. The second kappa shape index (κ2) is 7.73. The Morgan fingerprint density at radius 3 is 2.62 bits per heavy atom. The van der Waals surface area contributed by atoms with Gasteiger partial charge in [-0.3, -0.25) is 14.9 Å². The van der Waals surface area contributed by atoms with E-state index in [4.69, 9.17) is 5.73 Å². The number of hydrogen-bond donors (Lipinski definition) is 2. The van der Waals surface area contributed by atoms with Gasteiger partial charge in [0.25, 0.3) is 5.69 Å². The average Bonchev–Trinajstić information content (AvgIpc) is 2.39. The highest BCUT2D eigenvalue weighted by Crippen LogP contribution is 2.25. The van der Waals surface area contributed by atoms with Gasteiger partial charge in [-0.2, -0.15) is 0 Å². The van der Waals surface area contributed by atoms with Crippen LogP contribution in [-0.2, 0) is 4.79 Å². The van der Waals surface area contributed by atoms with E-state index >= 15 is 0 Å². The minimum atomic E-state index is -0.452. The van der Waals surface area contributed by atoms with E-state index in [1.165, 1.54) is 6.07 Å². The molecule has 0 aromatic heterocycles. The number of nitrogens with zero attached hydrogens (tertiary/aromatic N) is 1. The molecular weight excluding hydrogens is 270 g/mol. The third kappa shape index (κ3) is 5.15. The average molecular weight is 293 g/mol. The van der Waals surface area contributed by atoms with Gasteiger partial charge in [0.1, 0.15) is 0 Å². The van der Waals surface area contributed by atoms with Crippen molar-refractivity contribution < 1.29 is 9.72 Å². The van der Waals surface area contributed by atoms with Gasteiger partial charge in [-0.1, -0.05) is 19.9 Å². The molecule has 0 heterocycles. The fourth-order valence-corrected chi connectivity index (χ4v) is 2.35. The number of rotatable bonds is 7. The Morgan fingerprint density at radius 2 is 2.10 bits per heavy atom. The monoisotopic (exact) mass is 293 g/mol. The first kappa shape index (κ1) is 17.1. The van der Waals surface area contributed by atoms with Gasteiger partial charge in [0, 0.05) is 12.5 Å². The smallest absolute Gasteiger partial charge is 0.274 e. The van der Waals surface area contributed by atoms with Crippen LogP contribution < -0.4 is 11.1 Å². The second-order valence-electron chi connectivity index (χ2n) is 5.69. The molecular formula is C15H23N3O3. The van der Waals surface area contributed by atoms with Crippen molar-refractivity contribution in [2.45, 2.75) is 33.6 Å². The molecule has 0 unspecified atom stereocenters. The van der Waals surface area contributed by atoms with E-state index in [0.29, 0.717) is 30.1 Å². The summed E-state index contributed by atoms with van der Waals surface area (Å²) in [5.74, 6) is 0.449. The van der Waals surface area contributed by atoms with E-state index in [9.17, 15) is 14.9 Å². The van der Waals surface area contributed by atoms with Crippen molar-refractivity contribution in [3.63, 3.8) is 0 Å². The molecule has 0 aliphatic heterocycles. The van der Waals surface area contributed by atoms with Crippen LogP contribution in [0.2, 0.25) is 0 Å². The van der Waals surface area contributed by atoms with Crippen LogP contribution in [0.25, 0.3) is 0 Å². The molecule has 1 amide bonds. The summed E-state index contributed by atoms with van der Waals surface area (Å²) < 4.78 is 0. The molecule has 0 bridgehead atoms. The first-order valence-electron chi connectivity index (χ1n) is 7.09. The molecule has 1 rings (SSSR count). The minimum absolute atomic E-state index is 0.00496. The lowest BCUT2D eigenvalue weighted by Crippen LogP contribution is -2.23. The van der Waals surface area contributed by atoms with E-state index in [2.05, 4.69) is 19.2 Å². The van der Waals surface area contributed by atoms with Crippen LogP contribution in [0.4, 0.5) is 11.4 Å². The van der Waals surface area contributed by atoms with Gasteiger partial charge in [-0.05, 0) is 37.8 Å². The summed E-state index contributed by atoms with van der Waals surface area (Å²) in [6.45, 7) is 6.26. The molecule has 1 aromatic carbocycles. The van der Waals surface area contributed by atoms with Gasteiger partial charge in [-0.15, -0.1) is 0 Å². The molecule has 0 radical (unpaired) electrons. The lowest BCUT2D eigenvalue weighted by Gasteiger charge is -2.17. The highest BCUT2D eigenvalue weighted by atomic mass is 16.6. The summed E-state index contributed by atoms with van der Waals surface area (Å²) >= 11 is 0. The van der Waals surface area contributed by atoms with Crippen LogP contribution in [0, 0.1) is 28.9 Å². The lowest BCUT2D eigenvalue weighted by molar-refractivity contribution is -0.385. The summed E-state index contributed by atoms with van der Waals surface area (Å²) in [5.41, 5.74) is 6.64. The van der Waals surface area contributed by atoms with Gasteiger partial charge in [0.15, 0.2) is 0 Å². The topological polar surface area (TPSA) is 98.3 Å². The molecule has 1 atom stereocenters. The fourth-order valence-electron chi connectivity index (χ4n) is 2.35. The zero-order chi connectivity index (χ0) is 16.0. The largest absolute Gasteiger partial charge is 0.330 e. The van der Waals surface area contributed by atoms with Crippen LogP contribution in [0.3, 0.4) is 0 Å². The van der Waals surface area contributed by atoms with Crippen LogP contribution in [0.1, 0.15) is 32.3 Å². The molecule has 0 aliphatic rings. The van der Waals surface area contributed by atoms with E-state index in [1.54, 1.807) is 19.1 Å². The first-order valence-corrected chi connectivity index (χ1v) is 7.09. The zero-order valence-corrected chi connectivity index (χ0v) is 12.8. The number of carbonyl (C=O) groups excluding carboxylic acids is 1. The number of nitrogens with two attached hydrogens (primary N) is 1. The number of amides is 1. The SMILES string of the molecule is Cc1c(NC(=O)C[C@@H](CN)CC(C)C)cccc1[N+](=O)[O-]. The normalized spacial score (nSPS) is 12.2. The molecule has 0 spiro atoms. The van der Waals surface area contributed by atoms with Crippen LogP contribution in [-0.4, -0.2) is 17.4 Å². The molecule has 0 saturated carbocycles. The summed E-state index contributed by atoms with van der Waals surface area (Å²) in [6, 6.07) is 4.65. The van der Waals surface area contributed by atoms with Gasteiger partial charge in [-0.25, -0.2) is 0 Å². The molecule has 6 heteroatoms. The number of nitro groups is 1. The standard InChI is InChI=1S/C15H23N3O3/c1-10(2)7-12(9-16)8-15(19)17-13-5-4-6-14(11(13)3)18(20)21/h4-6,10,12H,7-9,16H2,1-3H3,(H,17,19)/t12-/m0/s1. The minimum Gasteiger partial charge on any atom is -0.330 e. The van der Waals surface area contributed by atoms with Gasteiger partial charge >= 0.3 is 0 Å². The highest BCUT2D eigenvalue weighted by molar-refractivity contribution is 5.92. The van der Waals surface area contributed by atoms with Crippen LogP contribution in [0.5, 0.6) is 0 Å². The molecule has 3 N–H and O–H groups in total. The van der Waals surface area contributed by atoms with E-state index in [-0.39, 0.29) is 17.5 Å². The number of hydrogen-bond acceptors (Lipinski definition) is 4. The summed E-state index contributed by atoms with van der Waals surface area (Å²) in [7, 11) is 0. The molecule has 0 saturated heterocycles. The predicted molar refractivity (Wildman–Crippen MR) is 83.1 cm³/mol. The molecule has 21 heavy (non-hydrogen) atoms. The van der Waals surface area contributed by atoms with Crippen molar-refractivity contribution in [3.8, 4) is 0 Å². The molecule has 1 aromatic rings. The third-order valence-electron chi connectivity index (χ3n) is 3.39. The molecule has 6 nitrogen and oxygen atoms in total. The number of nitrogens with one attached hydrogen (secondary N) is 1. The maximum Gasteiger partial charge on any atom is 0.274 e. The predicted octanol–water partition coefficient (Wildman–Crippen LogP) is 2.85. The fraction of sp³-hybridized carbons (Fsp3) is 0.533. The molecule has 0 aliphatic carbocycles. The quantitative estimate of drug-likeness (QED) is 0.596. The summed E-state index contributed by atoms with van der Waals surface area (Å²) in [4.78, 5) is 22.5. The molecule has 116 valence electrons. The van der Waals surface area contributed by atoms with Crippen molar-refractivity contribution in [1.29, 1.82) is 0 Å². The van der Waals surface area contributed by atoms with Crippen molar-refractivity contribution in [2.75, 3.05) is 11.9 Å². The first-order chi connectivity index (χ1) is 9.85. The summed E-state index contributed by atoms with van der Waals surface area (Å²) in [5, 5.41) is 13.6. The Morgan fingerprint density at radius 1 is 1.43 bits per heavy atom. The van der Waals surface area contributed by atoms with Crippen molar-refractivity contribution in [2.24, 2.45) is 17.6 Å². The van der Waals surface area contributed by atoms with Crippen molar-refractivity contribution >= 4 is 17.3 Å². The van der Waals surface area contributed by atoms with Gasteiger partial charge in [0.2, 0.25) is 5.91 Å². The van der Waals surface area contributed by atoms with E-state index in [1.807, 2.05) is 0 Å². The number of benzene rings is 1. The third-order valence-corrected chi connectivity index (χ3v) is 3.39. The van der Waals surface area contributed by atoms with Gasteiger partial charge < -0.3 is 11.1 Å². The number of carbonyl (C=O) groups is 1. The Kier molecular flexibility index (Phi) is 6.30. The maximum absolute atomic E-state index is 12.1. The van der Waals surface area contributed by atoms with Crippen molar-refractivity contribution in [1.82, 2.24) is 0 Å².